The van der Waals surface area contributed by atoms with Crippen LogP contribution in [-0.2, 0) is 4.79 Å². The second kappa shape index (κ2) is 7.88. The van der Waals surface area contributed by atoms with E-state index in [1.807, 2.05) is 37.3 Å². The molecule has 0 aromatic heterocycles. The molecule has 0 spiro atoms. The first kappa shape index (κ1) is 18.4. The molecule has 1 N–H and O–H groups in total. The standard InChI is InChI=1S/C19H15BrN2O3S/c1-2-22-17(23)16(10-12-5-3-7-14(20)9-12)26-19(22)21-15-8-4-6-13(11-15)18(24)25/h3-11H,2H2,1H3,(H,24,25)/b16-10+,21-19?. The van der Waals surface area contributed by atoms with Crippen molar-refractivity contribution in [1.82, 2.24) is 4.90 Å². The van der Waals surface area contributed by atoms with E-state index in [2.05, 4.69) is 20.9 Å². The van der Waals surface area contributed by atoms with Gasteiger partial charge in [0.25, 0.3) is 5.91 Å². The number of halogens is 1. The van der Waals surface area contributed by atoms with E-state index in [0.29, 0.717) is 22.3 Å². The van der Waals surface area contributed by atoms with Crippen molar-refractivity contribution >= 4 is 56.5 Å². The molecule has 1 heterocycles. The molecule has 1 aliphatic rings. The maximum absolute atomic E-state index is 12.7. The fourth-order valence-electron chi connectivity index (χ4n) is 2.44. The van der Waals surface area contributed by atoms with Gasteiger partial charge < -0.3 is 5.11 Å². The van der Waals surface area contributed by atoms with Gasteiger partial charge in [0.2, 0.25) is 0 Å². The number of amidine groups is 1. The van der Waals surface area contributed by atoms with Crippen LogP contribution in [0, 0.1) is 0 Å². The smallest absolute Gasteiger partial charge is 0.335 e. The minimum absolute atomic E-state index is 0.106. The second-order valence-corrected chi connectivity index (χ2v) is 7.39. The summed E-state index contributed by atoms with van der Waals surface area (Å²) in [5.41, 5.74) is 1.58. The molecular weight excluding hydrogens is 416 g/mol. The lowest BCUT2D eigenvalue weighted by Crippen LogP contribution is -2.28. The van der Waals surface area contributed by atoms with Gasteiger partial charge in [-0.05, 0) is 60.7 Å². The Morgan fingerprint density at radius 3 is 2.73 bits per heavy atom. The van der Waals surface area contributed by atoms with Gasteiger partial charge in [-0.2, -0.15) is 0 Å². The van der Waals surface area contributed by atoms with E-state index in [0.717, 1.165) is 10.0 Å². The predicted octanol–water partition coefficient (Wildman–Crippen LogP) is 4.77. The third-order valence-corrected chi connectivity index (χ3v) is 5.17. The maximum atomic E-state index is 12.7. The number of likely N-dealkylation sites (N-methyl/N-ethyl adjacent to an activating group) is 1. The molecule has 2 aromatic rings. The maximum Gasteiger partial charge on any atom is 0.335 e. The molecule has 1 aliphatic heterocycles. The molecule has 26 heavy (non-hydrogen) atoms. The number of amides is 1. The summed E-state index contributed by atoms with van der Waals surface area (Å²) in [4.78, 5) is 30.4. The normalized spacial score (nSPS) is 17.3. The summed E-state index contributed by atoms with van der Waals surface area (Å²) >= 11 is 4.71. The van der Waals surface area contributed by atoms with E-state index < -0.39 is 5.97 Å². The van der Waals surface area contributed by atoms with Crippen molar-refractivity contribution in [3.05, 3.63) is 69.0 Å². The third-order valence-electron chi connectivity index (χ3n) is 3.67. The van der Waals surface area contributed by atoms with Crippen LogP contribution in [-0.4, -0.2) is 33.6 Å². The fraction of sp³-hybridized carbons (Fsp3) is 0.105. The summed E-state index contributed by atoms with van der Waals surface area (Å²) in [5, 5.41) is 9.65. The zero-order valence-electron chi connectivity index (χ0n) is 13.8. The van der Waals surface area contributed by atoms with Crippen molar-refractivity contribution in [2.75, 3.05) is 6.54 Å². The predicted molar refractivity (Wildman–Crippen MR) is 108 cm³/mol. The van der Waals surface area contributed by atoms with Crippen LogP contribution < -0.4 is 0 Å². The van der Waals surface area contributed by atoms with E-state index in [1.165, 1.54) is 23.9 Å². The zero-order chi connectivity index (χ0) is 18.7. The van der Waals surface area contributed by atoms with Gasteiger partial charge in [-0.3, -0.25) is 9.69 Å². The Morgan fingerprint density at radius 1 is 1.27 bits per heavy atom. The van der Waals surface area contributed by atoms with Crippen LogP contribution in [0.4, 0.5) is 5.69 Å². The Bertz CT molecular complexity index is 940. The molecule has 1 saturated heterocycles. The van der Waals surface area contributed by atoms with Gasteiger partial charge in [-0.15, -0.1) is 0 Å². The quantitative estimate of drug-likeness (QED) is 0.708. The van der Waals surface area contributed by atoms with Crippen molar-refractivity contribution in [3.63, 3.8) is 0 Å². The van der Waals surface area contributed by atoms with Gasteiger partial charge in [-0.25, -0.2) is 9.79 Å². The van der Waals surface area contributed by atoms with E-state index >= 15 is 0 Å². The fourth-order valence-corrected chi connectivity index (χ4v) is 3.92. The highest BCUT2D eigenvalue weighted by Crippen LogP contribution is 2.34. The summed E-state index contributed by atoms with van der Waals surface area (Å²) in [7, 11) is 0. The first-order chi connectivity index (χ1) is 12.5. The van der Waals surface area contributed by atoms with Crippen molar-refractivity contribution in [2.45, 2.75) is 6.92 Å². The van der Waals surface area contributed by atoms with Crippen LogP contribution in [0.1, 0.15) is 22.8 Å². The molecule has 2 aromatic carbocycles. The lowest BCUT2D eigenvalue weighted by atomic mass is 10.2. The van der Waals surface area contributed by atoms with Gasteiger partial charge in [0, 0.05) is 11.0 Å². The Labute approximate surface area is 163 Å². The van der Waals surface area contributed by atoms with Crippen LogP contribution in [0.25, 0.3) is 6.08 Å². The highest BCUT2D eigenvalue weighted by Gasteiger charge is 2.32. The first-order valence-electron chi connectivity index (χ1n) is 7.87. The number of carboxylic acid groups (broad SMARTS) is 1. The number of benzene rings is 2. The van der Waals surface area contributed by atoms with Gasteiger partial charge in [0.1, 0.15) is 0 Å². The van der Waals surface area contributed by atoms with Crippen LogP contribution >= 0.6 is 27.7 Å². The number of hydrogen-bond acceptors (Lipinski definition) is 4. The zero-order valence-corrected chi connectivity index (χ0v) is 16.3. The highest BCUT2D eigenvalue weighted by molar-refractivity contribution is 9.10. The van der Waals surface area contributed by atoms with Crippen LogP contribution in [0.3, 0.4) is 0 Å². The first-order valence-corrected chi connectivity index (χ1v) is 9.48. The number of carbonyl (C=O) groups excluding carboxylic acids is 1. The van der Waals surface area contributed by atoms with E-state index in [9.17, 15) is 9.59 Å². The summed E-state index contributed by atoms with van der Waals surface area (Å²) < 4.78 is 0.939. The summed E-state index contributed by atoms with van der Waals surface area (Å²) in [6.45, 7) is 2.36. The number of nitrogens with zero attached hydrogens (tertiary/aromatic N) is 2. The van der Waals surface area contributed by atoms with Crippen LogP contribution in [0.5, 0.6) is 0 Å². The molecule has 0 radical (unpaired) electrons. The highest BCUT2D eigenvalue weighted by atomic mass is 79.9. The second-order valence-electron chi connectivity index (χ2n) is 5.46. The van der Waals surface area contributed by atoms with Gasteiger partial charge >= 0.3 is 5.97 Å². The third kappa shape index (κ3) is 4.05. The average molecular weight is 431 g/mol. The molecular formula is C19H15BrN2O3S. The van der Waals surface area contributed by atoms with Crippen LogP contribution in [0.2, 0.25) is 0 Å². The minimum atomic E-state index is -1.01. The summed E-state index contributed by atoms with van der Waals surface area (Å²) in [6.07, 6.45) is 1.83. The number of aliphatic imine (C=N–C) groups is 1. The molecule has 5 nitrogen and oxygen atoms in total. The Morgan fingerprint density at radius 2 is 2.04 bits per heavy atom. The number of carboxylic acids is 1. The SMILES string of the molecule is CCN1C(=O)/C(=C\c2cccc(Br)c2)SC1=Nc1cccc(C(=O)O)c1. The van der Waals surface area contributed by atoms with E-state index in [1.54, 1.807) is 17.0 Å². The number of hydrogen-bond donors (Lipinski definition) is 1. The topological polar surface area (TPSA) is 70.0 Å². The molecule has 7 heteroatoms. The molecule has 0 saturated carbocycles. The molecule has 0 unspecified atom stereocenters. The van der Waals surface area contributed by atoms with Gasteiger partial charge in [-0.1, -0.05) is 34.1 Å². The number of thioether (sulfide) groups is 1. The lowest BCUT2D eigenvalue weighted by Gasteiger charge is -2.12. The Hall–Kier alpha value is -2.38. The minimum Gasteiger partial charge on any atom is -0.478 e. The molecule has 0 aliphatic carbocycles. The van der Waals surface area contributed by atoms with Crippen LogP contribution in [0.15, 0.2) is 62.9 Å². The molecule has 1 fully saturated rings. The molecule has 0 bridgehead atoms. The summed E-state index contributed by atoms with van der Waals surface area (Å²) in [5.74, 6) is -1.12. The number of aromatic carboxylic acids is 1. The van der Waals surface area contributed by atoms with Crippen molar-refractivity contribution < 1.29 is 14.7 Å². The van der Waals surface area contributed by atoms with Crippen molar-refractivity contribution in [3.8, 4) is 0 Å². The van der Waals surface area contributed by atoms with Crippen molar-refractivity contribution in [2.24, 2.45) is 4.99 Å². The van der Waals surface area contributed by atoms with E-state index in [4.69, 9.17) is 5.11 Å². The van der Waals surface area contributed by atoms with Gasteiger partial charge in [0.15, 0.2) is 5.17 Å². The number of rotatable bonds is 4. The Balaban J connectivity index is 1.94. The van der Waals surface area contributed by atoms with E-state index in [-0.39, 0.29) is 11.5 Å². The molecule has 3 rings (SSSR count). The van der Waals surface area contributed by atoms with Gasteiger partial charge in [0.05, 0.1) is 16.2 Å². The molecule has 132 valence electrons. The lowest BCUT2D eigenvalue weighted by molar-refractivity contribution is -0.122. The molecule has 0 atom stereocenters. The Kier molecular flexibility index (Phi) is 5.58. The number of carbonyl (C=O) groups is 2. The summed E-state index contributed by atoms with van der Waals surface area (Å²) in [6, 6.07) is 14.0. The monoisotopic (exact) mass is 430 g/mol. The molecule has 1 amide bonds. The largest absolute Gasteiger partial charge is 0.478 e. The average Bonchev–Trinajstić information content (AvgIpc) is 2.89. The van der Waals surface area contributed by atoms with Crippen molar-refractivity contribution in [1.29, 1.82) is 0 Å².